The monoisotopic (exact) mass is 352 g/mol. The summed E-state index contributed by atoms with van der Waals surface area (Å²) in [5, 5.41) is 4.33. The van der Waals surface area contributed by atoms with E-state index in [0.29, 0.717) is 24.0 Å². The van der Waals surface area contributed by atoms with Crippen molar-refractivity contribution in [3.8, 4) is 11.5 Å². The lowest BCUT2D eigenvalue weighted by Gasteiger charge is -2.11. The first-order valence-electron chi connectivity index (χ1n) is 8.47. The predicted octanol–water partition coefficient (Wildman–Crippen LogP) is 3.46. The highest BCUT2D eigenvalue weighted by Gasteiger charge is 2.08. The molecule has 0 fully saturated rings. The van der Waals surface area contributed by atoms with Crippen LogP contribution >= 0.6 is 0 Å². The molecule has 6 nitrogen and oxygen atoms in total. The molecular weight excluding hydrogens is 328 g/mol. The number of nitrogens with one attached hydrogen (secondary N) is 2. The maximum atomic E-state index is 6.02. The van der Waals surface area contributed by atoms with Gasteiger partial charge in [-0.15, -0.1) is 0 Å². The Kier molecular flexibility index (Phi) is 5.31. The second-order valence-corrected chi connectivity index (χ2v) is 5.99. The van der Waals surface area contributed by atoms with Crippen LogP contribution in [0.1, 0.15) is 11.3 Å². The zero-order chi connectivity index (χ0) is 18.5. The summed E-state index contributed by atoms with van der Waals surface area (Å²) >= 11 is 0. The first kappa shape index (κ1) is 17.7. The minimum atomic E-state index is 0.370. The van der Waals surface area contributed by atoms with E-state index in [1.54, 1.807) is 14.2 Å². The molecule has 0 saturated heterocycles. The Morgan fingerprint density at radius 1 is 1.12 bits per heavy atom. The molecule has 0 bridgehead atoms. The van der Waals surface area contributed by atoms with E-state index in [2.05, 4.69) is 40.4 Å². The van der Waals surface area contributed by atoms with Gasteiger partial charge in [0.05, 0.1) is 14.2 Å². The summed E-state index contributed by atoms with van der Waals surface area (Å²) < 4.78 is 10.5. The number of aromatic amines is 1. The third-order valence-electron chi connectivity index (χ3n) is 4.33. The number of hydrogen-bond donors (Lipinski definition) is 3. The average molecular weight is 352 g/mol. The van der Waals surface area contributed by atoms with Crippen LogP contribution in [0.3, 0.4) is 0 Å². The molecule has 3 rings (SSSR count). The van der Waals surface area contributed by atoms with Crippen molar-refractivity contribution >= 4 is 22.5 Å². The summed E-state index contributed by atoms with van der Waals surface area (Å²) in [6, 6.07) is 13.8. The van der Waals surface area contributed by atoms with Crippen molar-refractivity contribution in [3.05, 3.63) is 53.7 Å². The van der Waals surface area contributed by atoms with Gasteiger partial charge in [0, 0.05) is 34.9 Å². The Morgan fingerprint density at radius 3 is 2.65 bits per heavy atom. The first-order valence-corrected chi connectivity index (χ1v) is 8.47. The van der Waals surface area contributed by atoms with E-state index < -0.39 is 0 Å². The summed E-state index contributed by atoms with van der Waals surface area (Å²) in [6.07, 6.45) is 0.824. The molecule has 0 aliphatic rings. The highest BCUT2D eigenvalue weighted by atomic mass is 16.5. The predicted molar refractivity (Wildman–Crippen MR) is 106 cm³/mol. The van der Waals surface area contributed by atoms with Crippen LogP contribution in [0.4, 0.5) is 5.69 Å². The highest BCUT2D eigenvalue weighted by Crippen LogP contribution is 2.29. The smallest absolute Gasteiger partial charge is 0.193 e. The standard InChI is InChI=1S/C20H24N4O2/c1-13-15(16-6-4-5-7-17(16)23-13)10-11-22-20(21)24-14-8-9-18(25-2)19(12-14)26-3/h4-9,12,23H,10-11H2,1-3H3,(H3,21,22,24). The van der Waals surface area contributed by atoms with Crippen LogP contribution in [-0.2, 0) is 6.42 Å². The number of rotatable bonds is 6. The van der Waals surface area contributed by atoms with Gasteiger partial charge in [0.2, 0.25) is 0 Å². The van der Waals surface area contributed by atoms with Gasteiger partial charge in [-0.25, -0.2) is 0 Å². The van der Waals surface area contributed by atoms with E-state index in [4.69, 9.17) is 15.2 Å². The quantitative estimate of drug-likeness (QED) is 0.468. The minimum absolute atomic E-state index is 0.370. The third-order valence-corrected chi connectivity index (χ3v) is 4.33. The molecule has 0 saturated carbocycles. The van der Waals surface area contributed by atoms with Crippen molar-refractivity contribution in [2.75, 3.05) is 26.1 Å². The summed E-state index contributed by atoms with van der Waals surface area (Å²) in [5.41, 5.74) is 10.4. The van der Waals surface area contributed by atoms with Gasteiger partial charge < -0.3 is 25.5 Å². The molecule has 6 heteroatoms. The van der Waals surface area contributed by atoms with Crippen LogP contribution in [0.15, 0.2) is 47.5 Å². The number of para-hydroxylation sites is 1. The van der Waals surface area contributed by atoms with E-state index in [1.807, 2.05) is 24.3 Å². The first-order chi connectivity index (χ1) is 12.6. The molecule has 26 heavy (non-hydrogen) atoms. The van der Waals surface area contributed by atoms with E-state index in [-0.39, 0.29) is 0 Å². The molecule has 4 N–H and O–H groups in total. The molecule has 0 unspecified atom stereocenters. The van der Waals surface area contributed by atoms with Crippen molar-refractivity contribution in [1.29, 1.82) is 0 Å². The molecule has 0 aliphatic heterocycles. The zero-order valence-electron chi connectivity index (χ0n) is 15.3. The number of nitrogens with two attached hydrogens (primary N) is 1. The second kappa shape index (κ2) is 7.82. The molecule has 0 atom stereocenters. The summed E-state index contributed by atoms with van der Waals surface area (Å²) in [6.45, 7) is 2.69. The van der Waals surface area contributed by atoms with Crippen LogP contribution in [0.2, 0.25) is 0 Å². The number of methoxy groups -OCH3 is 2. The molecule has 0 spiro atoms. The Hall–Kier alpha value is -3.15. The van der Waals surface area contributed by atoms with Crippen molar-refractivity contribution < 1.29 is 9.47 Å². The molecule has 0 amide bonds. The zero-order valence-corrected chi connectivity index (χ0v) is 15.3. The third kappa shape index (κ3) is 3.74. The number of anilines is 1. The number of aryl methyl sites for hydroxylation is 1. The number of H-pyrrole nitrogens is 1. The summed E-state index contributed by atoms with van der Waals surface area (Å²) in [4.78, 5) is 7.85. The topological polar surface area (TPSA) is 84.7 Å². The van der Waals surface area contributed by atoms with Gasteiger partial charge in [0.1, 0.15) is 0 Å². The SMILES string of the molecule is COc1ccc(NC(N)=NCCc2c(C)[nH]c3ccccc23)cc1OC. The van der Waals surface area contributed by atoms with E-state index in [9.17, 15) is 0 Å². The van der Waals surface area contributed by atoms with E-state index in [0.717, 1.165) is 17.6 Å². The van der Waals surface area contributed by atoms with Crippen LogP contribution in [0.5, 0.6) is 11.5 Å². The van der Waals surface area contributed by atoms with Gasteiger partial charge >= 0.3 is 0 Å². The molecule has 1 heterocycles. The number of benzene rings is 2. The molecular formula is C20H24N4O2. The Morgan fingerprint density at radius 2 is 1.88 bits per heavy atom. The number of ether oxygens (including phenoxy) is 2. The maximum Gasteiger partial charge on any atom is 0.193 e. The average Bonchev–Trinajstić information content (AvgIpc) is 2.97. The van der Waals surface area contributed by atoms with Crippen molar-refractivity contribution in [3.63, 3.8) is 0 Å². The number of nitrogens with zero attached hydrogens (tertiary/aromatic N) is 1. The summed E-state index contributed by atoms with van der Waals surface area (Å²) in [7, 11) is 3.20. The maximum absolute atomic E-state index is 6.02. The van der Waals surface area contributed by atoms with Crippen LogP contribution in [0, 0.1) is 6.92 Å². The van der Waals surface area contributed by atoms with E-state index >= 15 is 0 Å². The Labute approximate surface area is 153 Å². The molecule has 136 valence electrons. The Balaban J connectivity index is 1.66. The number of fused-ring (bicyclic) bond motifs is 1. The van der Waals surface area contributed by atoms with Crippen molar-refractivity contribution in [2.24, 2.45) is 10.7 Å². The van der Waals surface area contributed by atoms with E-state index in [1.165, 1.54) is 16.6 Å². The van der Waals surface area contributed by atoms with Gasteiger partial charge in [0.25, 0.3) is 0 Å². The van der Waals surface area contributed by atoms with Crippen molar-refractivity contribution in [1.82, 2.24) is 4.98 Å². The van der Waals surface area contributed by atoms with Crippen LogP contribution < -0.4 is 20.5 Å². The van der Waals surface area contributed by atoms with Crippen molar-refractivity contribution in [2.45, 2.75) is 13.3 Å². The lowest BCUT2D eigenvalue weighted by atomic mass is 10.1. The lowest BCUT2D eigenvalue weighted by Crippen LogP contribution is -2.23. The van der Waals surface area contributed by atoms with Crippen LogP contribution in [0.25, 0.3) is 10.9 Å². The number of aromatic nitrogens is 1. The fraction of sp³-hybridized carbons (Fsp3) is 0.250. The van der Waals surface area contributed by atoms with Gasteiger partial charge in [-0.3, -0.25) is 4.99 Å². The molecule has 1 aromatic heterocycles. The minimum Gasteiger partial charge on any atom is -0.493 e. The highest BCUT2D eigenvalue weighted by molar-refractivity contribution is 5.92. The van der Waals surface area contributed by atoms with Gasteiger partial charge in [0.15, 0.2) is 17.5 Å². The summed E-state index contributed by atoms with van der Waals surface area (Å²) in [5.74, 6) is 1.68. The second-order valence-electron chi connectivity index (χ2n) is 5.99. The fourth-order valence-electron chi connectivity index (χ4n) is 3.05. The molecule has 2 aromatic carbocycles. The van der Waals surface area contributed by atoms with Crippen LogP contribution in [-0.4, -0.2) is 31.7 Å². The largest absolute Gasteiger partial charge is 0.493 e. The normalized spacial score (nSPS) is 11.6. The molecule has 0 aliphatic carbocycles. The number of hydrogen-bond acceptors (Lipinski definition) is 3. The fourth-order valence-corrected chi connectivity index (χ4v) is 3.05. The Bertz CT molecular complexity index is 931. The number of aliphatic imine (C=N–C) groups is 1. The van der Waals surface area contributed by atoms with Gasteiger partial charge in [-0.1, -0.05) is 18.2 Å². The number of guanidine groups is 1. The lowest BCUT2D eigenvalue weighted by molar-refractivity contribution is 0.355. The molecule has 0 radical (unpaired) electrons. The van der Waals surface area contributed by atoms with Gasteiger partial charge in [-0.05, 0) is 37.1 Å². The molecule has 3 aromatic rings. The van der Waals surface area contributed by atoms with Gasteiger partial charge in [-0.2, -0.15) is 0 Å².